The van der Waals surface area contributed by atoms with Gasteiger partial charge in [0.15, 0.2) is 0 Å². The minimum Gasteiger partial charge on any atom is -0.354 e. The van der Waals surface area contributed by atoms with Crippen LogP contribution in [0.15, 0.2) is 0 Å². The van der Waals surface area contributed by atoms with Crippen molar-refractivity contribution in [2.45, 2.75) is 51.8 Å². The highest BCUT2D eigenvalue weighted by molar-refractivity contribution is 6.17. The summed E-state index contributed by atoms with van der Waals surface area (Å²) < 4.78 is 5.89. The predicted molar refractivity (Wildman–Crippen MR) is 67.9 cm³/mol. The summed E-state index contributed by atoms with van der Waals surface area (Å²) in [6.07, 6.45) is 2.63. The molecule has 2 saturated heterocycles. The quantitative estimate of drug-likeness (QED) is 0.727. The van der Waals surface area contributed by atoms with Crippen molar-refractivity contribution in [2.75, 3.05) is 12.5 Å². The molecule has 98 valence electrons. The first kappa shape index (κ1) is 13.2. The Morgan fingerprint density at radius 2 is 2.29 bits per heavy atom. The molecule has 3 atom stereocenters. The second kappa shape index (κ2) is 4.77. The first-order valence-electron chi connectivity index (χ1n) is 6.52. The number of carbonyl (C=O) groups is 1. The third kappa shape index (κ3) is 2.19. The number of nitrogens with zero attached hydrogens (tertiary/aromatic N) is 1. The SMILES string of the molecule is CC(C)[C@H]1CO[C@]2(C)CC(CCCCl)C(=O)N12. The molecule has 0 bridgehead atoms. The van der Waals surface area contributed by atoms with Crippen LogP contribution in [0.5, 0.6) is 0 Å². The van der Waals surface area contributed by atoms with Crippen LogP contribution in [0.25, 0.3) is 0 Å². The van der Waals surface area contributed by atoms with Crippen LogP contribution in [-0.4, -0.2) is 35.1 Å². The molecule has 4 heteroatoms. The highest BCUT2D eigenvalue weighted by Crippen LogP contribution is 2.44. The molecule has 0 aliphatic carbocycles. The molecule has 17 heavy (non-hydrogen) atoms. The van der Waals surface area contributed by atoms with E-state index in [9.17, 15) is 4.79 Å². The van der Waals surface area contributed by atoms with Gasteiger partial charge in [-0.15, -0.1) is 11.6 Å². The zero-order chi connectivity index (χ0) is 12.6. The number of rotatable bonds is 4. The van der Waals surface area contributed by atoms with Crippen LogP contribution in [0.3, 0.4) is 0 Å². The molecular weight excluding hydrogens is 238 g/mol. The van der Waals surface area contributed by atoms with Gasteiger partial charge in [-0.3, -0.25) is 4.79 Å². The van der Waals surface area contributed by atoms with E-state index in [-0.39, 0.29) is 23.6 Å². The zero-order valence-corrected chi connectivity index (χ0v) is 11.7. The fourth-order valence-electron chi connectivity index (χ4n) is 3.09. The second-order valence-corrected chi connectivity index (χ2v) is 6.12. The first-order valence-corrected chi connectivity index (χ1v) is 7.06. The van der Waals surface area contributed by atoms with Crippen molar-refractivity contribution in [3.63, 3.8) is 0 Å². The molecular formula is C13H22ClNO2. The fourth-order valence-corrected chi connectivity index (χ4v) is 3.25. The summed E-state index contributed by atoms with van der Waals surface area (Å²) >= 11 is 5.71. The molecule has 0 aromatic heterocycles. The molecule has 1 amide bonds. The number of halogens is 1. The Kier molecular flexibility index (Phi) is 3.69. The second-order valence-electron chi connectivity index (χ2n) is 5.74. The van der Waals surface area contributed by atoms with Crippen molar-refractivity contribution in [2.24, 2.45) is 11.8 Å². The van der Waals surface area contributed by atoms with Gasteiger partial charge in [0.25, 0.3) is 0 Å². The van der Waals surface area contributed by atoms with Gasteiger partial charge in [-0.2, -0.15) is 0 Å². The van der Waals surface area contributed by atoms with Gasteiger partial charge in [-0.25, -0.2) is 0 Å². The molecule has 2 fully saturated rings. The van der Waals surface area contributed by atoms with E-state index < -0.39 is 0 Å². The molecule has 2 rings (SSSR count). The average molecular weight is 260 g/mol. The van der Waals surface area contributed by atoms with E-state index in [1.807, 2.05) is 11.8 Å². The van der Waals surface area contributed by atoms with E-state index in [4.69, 9.17) is 16.3 Å². The summed E-state index contributed by atoms with van der Waals surface area (Å²) in [5.41, 5.74) is -0.358. The van der Waals surface area contributed by atoms with Crippen molar-refractivity contribution >= 4 is 17.5 Å². The first-order chi connectivity index (χ1) is 7.99. The molecule has 0 saturated carbocycles. The van der Waals surface area contributed by atoms with E-state index in [0.717, 1.165) is 19.3 Å². The monoisotopic (exact) mass is 259 g/mol. The Balaban J connectivity index is 2.11. The molecule has 2 aliphatic heterocycles. The van der Waals surface area contributed by atoms with Crippen molar-refractivity contribution < 1.29 is 9.53 Å². The Morgan fingerprint density at radius 3 is 2.88 bits per heavy atom. The normalized spacial score (nSPS) is 37.0. The van der Waals surface area contributed by atoms with Gasteiger partial charge in [-0.05, 0) is 25.7 Å². The van der Waals surface area contributed by atoms with Crippen LogP contribution in [0.4, 0.5) is 0 Å². The van der Waals surface area contributed by atoms with Crippen molar-refractivity contribution in [1.29, 1.82) is 0 Å². The van der Waals surface area contributed by atoms with Gasteiger partial charge in [0.2, 0.25) is 5.91 Å². The van der Waals surface area contributed by atoms with Crippen LogP contribution in [0, 0.1) is 11.8 Å². The Hall–Kier alpha value is -0.280. The number of carbonyl (C=O) groups excluding carboxylic acids is 1. The van der Waals surface area contributed by atoms with Gasteiger partial charge >= 0.3 is 0 Å². The number of alkyl halides is 1. The van der Waals surface area contributed by atoms with E-state index >= 15 is 0 Å². The van der Waals surface area contributed by atoms with Gasteiger partial charge in [0.1, 0.15) is 5.72 Å². The summed E-state index contributed by atoms with van der Waals surface area (Å²) in [7, 11) is 0. The summed E-state index contributed by atoms with van der Waals surface area (Å²) in [6.45, 7) is 7.04. The topological polar surface area (TPSA) is 29.5 Å². The van der Waals surface area contributed by atoms with Crippen LogP contribution in [0.1, 0.15) is 40.0 Å². The summed E-state index contributed by atoms with van der Waals surface area (Å²) in [5.74, 6) is 1.47. The molecule has 2 aliphatic rings. The lowest BCUT2D eigenvalue weighted by atomic mass is 9.99. The number of amides is 1. The minimum absolute atomic E-state index is 0.111. The Bertz CT molecular complexity index is 308. The molecule has 3 nitrogen and oxygen atoms in total. The standard InChI is InChI=1S/C13H22ClNO2/c1-9(2)11-8-17-13(3)7-10(5-4-6-14)12(16)15(11)13/h9-11H,4-8H2,1-3H3/t10?,11-,13-/m1/s1. The maximum Gasteiger partial charge on any atom is 0.228 e. The fraction of sp³-hybridized carbons (Fsp3) is 0.923. The van der Waals surface area contributed by atoms with Crippen LogP contribution in [0.2, 0.25) is 0 Å². The van der Waals surface area contributed by atoms with Crippen molar-refractivity contribution in [1.82, 2.24) is 4.90 Å². The van der Waals surface area contributed by atoms with Gasteiger partial charge in [-0.1, -0.05) is 13.8 Å². The number of ether oxygens (including phenoxy) is 1. The largest absolute Gasteiger partial charge is 0.354 e. The summed E-state index contributed by atoms with van der Waals surface area (Å²) in [6, 6.07) is 0.244. The molecule has 0 radical (unpaired) electrons. The highest BCUT2D eigenvalue weighted by atomic mass is 35.5. The van der Waals surface area contributed by atoms with Crippen molar-refractivity contribution in [3.05, 3.63) is 0 Å². The van der Waals surface area contributed by atoms with E-state index in [0.29, 0.717) is 18.4 Å². The highest BCUT2D eigenvalue weighted by Gasteiger charge is 2.55. The van der Waals surface area contributed by atoms with Crippen LogP contribution in [-0.2, 0) is 9.53 Å². The van der Waals surface area contributed by atoms with Gasteiger partial charge < -0.3 is 9.64 Å². The third-order valence-corrected chi connectivity index (χ3v) is 4.34. The smallest absolute Gasteiger partial charge is 0.228 e. The van der Waals surface area contributed by atoms with Crippen molar-refractivity contribution in [3.8, 4) is 0 Å². The molecule has 0 aromatic rings. The maximum atomic E-state index is 12.4. The minimum atomic E-state index is -0.358. The molecule has 2 heterocycles. The van der Waals surface area contributed by atoms with E-state index in [1.54, 1.807) is 0 Å². The average Bonchev–Trinajstić information content (AvgIpc) is 2.71. The zero-order valence-electron chi connectivity index (χ0n) is 10.9. The predicted octanol–water partition coefficient (Wildman–Crippen LogP) is 2.62. The third-order valence-electron chi connectivity index (χ3n) is 4.07. The van der Waals surface area contributed by atoms with Gasteiger partial charge in [0.05, 0.1) is 12.6 Å². The lowest BCUT2D eigenvalue weighted by Gasteiger charge is -2.31. The van der Waals surface area contributed by atoms with Crippen LogP contribution < -0.4 is 0 Å². The Labute approximate surface area is 108 Å². The maximum absolute atomic E-state index is 12.4. The molecule has 1 unspecified atom stereocenters. The summed E-state index contributed by atoms with van der Waals surface area (Å²) in [4.78, 5) is 14.4. The lowest BCUT2D eigenvalue weighted by molar-refractivity contribution is -0.139. The molecule has 0 spiro atoms. The molecule has 0 aromatic carbocycles. The van der Waals surface area contributed by atoms with Crippen LogP contribution >= 0.6 is 11.6 Å². The van der Waals surface area contributed by atoms with E-state index in [1.165, 1.54) is 0 Å². The van der Waals surface area contributed by atoms with E-state index in [2.05, 4.69) is 13.8 Å². The van der Waals surface area contributed by atoms with Gasteiger partial charge in [0, 0.05) is 18.2 Å². The Morgan fingerprint density at radius 1 is 1.59 bits per heavy atom. The summed E-state index contributed by atoms with van der Waals surface area (Å²) in [5, 5.41) is 0. The number of hydrogen-bond acceptors (Lipinski definition) is 2. The number of fused-ring (bicyclic) bond motifs is 1. The molecule has 0 N–H and O–H groups in total. The lowest BCUT2D eigenvalue weighted by Crippen LogP contribution is -2.45. The number of hydrogen-bond donors (Lipinski definition) is 0.